The maximum Gasteiger partial charge on any atom is 0.237 e. The van der Waals surface area contributed by atoms with Crippen molar-refractivity contribution in [2.24, 2.45) is 5.92 Å². The molecule has 1 aliphatic carbocycles. The summed E-state index contributed by atoms with van der Waals surface area (Å²) in [6, 6.07) is 0.0894. The Bertz CT molecular complexity index is 256. The molecule has 0 heterocycles. The first kappa shape index (κ1) is 15.4. The second-order valence-electron chi connectivity index (χ2n) is 5.58. The van der Waals surface area contributed by atoms with E-state index < -0.39 is 0 Å². The molecule has 1 fully saturated rings. The van der Waals surface area contributed by atoms with E-state index in [1.807, 2.05) is 25.9 Å². The molecule has 0 bridgehead atoms. The second-order valence-corrected chi connectivity index (χ2v) is 5.58. The van der Waals surface area contributed by atoms with Crippen molar-refractivity contribution in [3.8, 4) is 0 Å². The molecule has 0 spiro atoms. The molecule has 0 aromatic rings. The summed E-state index contributed by atoms with van der Waals surface area (Å²) in [6.45, 7) is 2.21. The molecule has 1 amide bonds. The van der Waals surface area contributed by atoms with Crippen LogP contribution in [0.15, 0.2) is 0 Å². The summed E-state index contributed by atoms with van der Waals surface area (Å²) in [7, 11) is 3.87. The van der Waals surface area contributed by atoms with Gasteiger partial charge in [0.05, 0.1) is 6.04 Å². The van der Waals surface area contributed by atoms with Crippen molar-refractivity contribution >= 4 is 5.91 Å². The van der Waals surface area contributed by atoms with E-state index in [-0.39, 0.29) is 30.5 Å². The van der Waals surface area contributed by atoms with E-state index in [4.69, 9.17) is 0 Å². The van der Waals surface area contributed by atoms with Crippen molar-refractivity contribution in [2.45, 2.75) is 57.5 Å². The van der Waals surface area contributed by atoms with Crippen LogP contribution in [0.4, 0.5) is 0 Å². The van der Waals surface area contributed by atoms with Crippen molar-refractivity contribution in [1.29, 1.82) is 0 Å². The largest absolute Gasteiger partial charge is 0.396 e. The Morgan fingerprint density at radius 1 is 1.33 bits per heavy atom. The monoisotopic (exact) mass is 256 g/mol. The minimum atomic E-state index is -0.0624. The van der Waals surface area contributed by atoms with E-state index in [1.165, 1.54) is 12.8 Å². The van der Waals surface area contributed by atoms with Crippen LogP contribution in [-0.4, -0.2) is 48.7 Å². The predicted molar refractivity (Wildman–Crippen MR) is 73.4 cm³/mol. The lowest BCUT2D eigenvalue weighted by Gasteiger charge is -2.29. The zero-order chi connectivity index (χ0) is 13.5. The zero-order valence-corrected chi connectivity index (χ0v) is 12.0. The fourth-order valence-corrected chi connectivity index (χ4v) is 2.86. The van der Waals surface area contributed by atoms with Gasteiger partial charge in [-0.25, -0.2) is 0 Å². The van der Waals surface area contributed by atoms with Gasteiger partial charge in [-0.15, -0.1) is 0 Å². The molecule has 106 valence electrons. The van der Waals surface area contributed by atoms with Gasteiger partial charge in [-0.1, -0.05) is 26.2 Å². The van der Waals surface area contributed by atoms with Crippen LogP contribution in [-0.2, 0) is 4.79 Å². The smallest absolute Gasteiger partial charge is 0.237 e. The summed E-state index contributed by atoms with van der Waals surface area (Å²) in [5, 5.41) is 12.6. The van der Waals surface area contributed by atoms with Crippen LogP contribution in [0.3, 0.4) is 0 Å². The average molecular weight is 256 g/mol. The van der Waals surface area contributed by atoms with Gasteiger partial charge < -0.3 is 10.4 Å². The van der Waals surface area contributed by atoms with Crippen LogP contribution in [0.1, 0.15) is 45.4 Å². The lowest BCUT2D eigenvalue weighted by atomic mass is 9.95. The van der Waals surface area contributed by atoms with Crippen LogP contribution < -0.4 is 5.32 Å². The van der Waals surface area contributed by atoms with Crippen LogP contribution in [0.2, 0.25) is 0 Å². The quantitative estimate of drug-likeness (QED) is 0.731. The van der Waals surface area contributed by atoms with Crippen LogP contribution >= 0.6 is 0 Å². The van der Waals surface area contributed by atoms with Gasteiger partial charge in [0.1, 0.15) is 0 Å². The summed E-state index contributed by atoms with van der Waals surface area (Å²) < 4.78 is 0. The number of hydrogen-bond donors (Lipinski definition) is 2. The number of hydrogen-bond acceptors (Lipinski definition) is 3. The van der Waals surface area contributed by atoms with E-state index in [0.29, 0.717) is 0 Å². The first-order chi connectivity index (χ1) is 8.60. The van der Waals surface area contributed by atoms with Crippen molar-refractivity contribution in [1.82, 2.24) is 10.2 Å². The molecule has 18 heavy (non-hydrogen) atoms. The minimum absolute atomic E-state index is 0.0624. The predicted octanol–water partition coefficient (Wildman–Crippen LogP) is 1.38. The van der Waals surface area contributed by atoms with Crippen LogP contribution in [0.5, 0.6) is 0 Å². The fourth-order valence-electron chi connectivity index (χ4n) is 2.86. The van der Waals surface area contributed by atoms with Crippen molar-refractivity contribution in [2.75, 3.05) is 20.7 Å². The Balaban J connectivity index is 2.59. The Labute approximate surface area is 111 Å². The number of rotatable bonds is 5. The van der Waals surface area contributed by atoms with Gasteiger partial charge in [0.2, 0.25) is 5.91 Å². The van der Waals surface area contributed by atoms with Crippen molar-refractivity contribution in [3.63, 3.8) is 0 Å². The minimum Gasteiger partial charge on any atom is -0.396 e. The van der Waals surface area contributed by atoms with Gasteiger partial charge in [0.15, 0.2) is 0 Å². The van der Waals surface area contributed by atoms with Crippen LogP contribution in [0.25, 0.3) is 0 Å². The summed E-state index contributed by atoms with van der Waals surface area (Å²) in [6.07, 6.45) is 6.38. The summed E-state index contributed by atoms with van der Waals surface area (Å²) in [5.41, 5.74) is 0. The highest BCUT2D eigenvalue weighted by Gasteiger charge is 2.27. The molecule has 4 heteroatoms. The number of aliphatic hydroxyl groups is 1. The van der Waals surface area contributed by atoms with Gasteiger partial charge in [0.25, 0.3) is 0 Å². The molecular formula is C14H28N2O2. The molecule has 0 aromatic carbocycles. The molecule has 2 N–H and O–H groups in total. The summed E-state index contributed by atoms with van der Waals surface area (Å²) in [5.74, 6) is 0.337. The van der Waals surface area contributed by atoms with E-state index in [0.717, 1.165) is 25.7 Å². The molecular weight excluding hydrogens is 228 g/mol. The fraction of sp³-hybridized carbons (Fsp3) is 0.929. The number of carbonyl (C=O) groups is 1. The topological polar surface area (TPSA) is 52.6 Å². The Kier molecular flexibility index (Phi) is 6.65. The van der Waals surface area contributed by atoms with Crippen molar-refractivity contribution in [3.05, 3.63) is 0 Å². The third-order valence-electron chi connectivity index (χ3n) is 4.03. The number of carbonyl (C=O) groups excluding carboxylic acids is 1. The van der Waals surface area contributed by atoms with E-state index in [1.54, 1.807) is 0 Å². The molecule has 0 aliphatic heterocycles. The first-order valence-electron chi connectivity index (χ1n) is 7.17. The van der Waals surface area contributed by atoms with Gasteiger partial charge in [0, 0.05) is 18.6 Å². The highest BCUT2D eigenvalue weighted by Crippen LogP contribution is 2.23. The zero-order valence-electron chi connectivity index (χ0n) is 12.0. The normalized spacial score (nSPS) is 26.7. The van der Waals surface area contributed by atoms with Gasteiger partial charge in [-0.2, -0.15) is 0 Å². The molecule has 4 nitrogen and oxygen atoms in total. The SMILES string of the molecule is CC[C@H](C(=O)N[C@@H]1CCCCC[C@@H]1CO)N(C)C. The molecule has 1 rings (SSSR count). The molecule has 0 radical (unpaired) electrons. The molecule has 1 saturated carbocycles. The number of aliphatic hydroxyl groups excluding tert-OH is 1. The van der Waals surface area contributed by atoms with E-state index in [2.05, 4.69) is 5.32 Å². The highest BCUT2D eigenvalue weighted by molar-refractivity contribution is 5.81. The van der Waals surface area contributed by atoms with Crippen LogP contribution in [0, 0.1) is 5.92 Å². The molecule has 0 saturated heterocycles. The first-order valence-corrected chi connectivity index (χ1v) is 7.17. The maximum atomic E-state index is 12.2. The number of likely N-dealkylation sites (N-methyl/N-ethyl adjacent to an activating group) is 1. The molecule has 0 aromatic heterocycles. The van der Waals surface area contributed by atoms with Crippen molar-refractivity contribution < 1.29 is 9.90 Å². The lowest BCUT2D eigenvalue weighted by molar-refractivity contribution is -0.126. The number of nitrogens with one attached hydrogen (secondary N) is 1. The maximum absolute atomic E-state index is 12.2. The average Bonchev–Trinajstić information content (AvgIpc) is 2.54. The number of amides is 1. The highest BCUT2D eigenvalue weighted by atomic mass is 16.3. The van der Waals surface area contributed by atoms with Gasteiger partial charge in [-0.05, 0) is 33.4 Å². The number of nitrogens with zero attached hydrogens (tertiary/aromatic N) is 1. The summed E-state index contributed by atoms with van der Waals surface area (Å²) in [4.78, 5) is 14.2. The standard InChI is InChI=1S/C14H28N2O2/c1-4-13(16(2)3)14(18)15-12-9-7-5-6-8-11(12)10-17/h11-13,17H,4-10H2,1-3H3,(H,15,18)/t11-,12-,13-/m1/s1. The Hall–Kier alpha value is -0.610. The van der Waals surface area contributed by atoms with E-state index >= 15 is 0 Å². The molecule has 1 aliphatic rings. The second kappa shape index (κ2) is 7.74. The Morgan fingerprint density at radius 3 is 2.56 bits per heavy atom. The lowest BCUT2D eigenvalue weighted by Crippen LogP contribution is -2.49. The molecule has 3 atom stereocenters. The molecule has 0 unspecified atom stereocenters. The third-order valence-corrected chi connectivity index (χ3v) is 4.03. The Morgan fingerprint density at radius 2 is 2.00 bits per heavy atom. The van der Waals surface area contributed by atoms with Gasteiger partial charge >= 0.3 is 0 Å². The summed E-state index contributed by atoms with van der Waals surface area (Å²) >= 11 is 0. The third kappa shape index (κ3) is 4.25. The van der Waals surface area contributed by atoms with Gasteiger partial charge in [-0.3, -0.25) is 9.69 Å². The van der Waals surface area contributed by atoms with E-state index in [9.17, 15) is 9.90 Å².